The third-order valence-electron chi connectivity index (χ3n) is 3.09. The molecule has 0 aromatic heterocycles. The van der Waals surface area contributed by atoms with Crippen molar-refractivity contribution in [3.63, 3.8) is 0 Å². The first kappa shape index (κ1) is 9.23. The summed E-state index contributed by atoms with van der Waals surface area (Å²) in [7, 11) is -0.746. The Hall–Kier alpha value is -0.0151. The highest BCUT2D eigenvalue weighted by atomic mass is 16.7. The molecule has 2 nitrogen and oxygen atoms in total. The van der Waals surface area contributed by atoms with Crippen LogP contribution in [0.4, 0.5) is 0 Å². The first-order valence-corrected chi connectivity index (χ1v) is 5.48. The second-order valence-corrected chi connectivity index (χ2v) is 4.90. The quantitative estimate of drug-likeness (QED) is 0.648. The molecule has 0 aromatic carbocycles. The van der Waals surface area contributed by atoms with Gasteiger partial charge >= 0.3 is 7.12 Å². The molecule has 3 heteroatoms. The number of rotatable bonds is 4. The Labute approximate surface area is 91.3 Å². The highest BCUT2D eigenvalue weighted by Crippen LogP contribution is 2.38. The van der Waals surface area contributed by atoms with Gasteiger partial charge in [0.2, 0.25) is 0 Å². The Kier molecular flexibility index (Phi) is 2.79. The highest BCUT2D eigenvalue weighted by molar-refractivity contribution is 6.45. The molecule has 0 N–H and O–H groups in total. The molecule has 1 heterocycles. The van der Waals surface area contributed by atoms with Gasteiger partial charge in [0.1, 0.15) is 0 Å². The summed E-state index contributed by atoms with van der Waals surface area (Å²) >= 11 is 0. The normalized spacial score (nSPS) is 27.4. The summed E-state index contributed by atoms with van der Waals surface area (Å²) in [5.41, 5.74) is -0.894. The van der Waals surface area contributed by atoms with Gasteiger partial charge in [-0.2, -0.15) is 0 Å². The molecule has 1 aliphatic heterocycles. The second kappa shape index (κ2) is 4.24. The van der Waals surface area contributed by atoms with Crippen molar-refractivity contribution in [2.24, 2.45) is 0 Å². The molecule has 0 bridgehead atoms. The minimum absolute atomic E-state index is 0.447. The molecule has 14 heavy (non-hydrogen) atoms. The summed E-state index contributed by atoms with van der Waals surface area (Å²) in [6.07, 6.45) is 0.928. The molecule has 0 unspecified atom stereocenters. The lowest BCUT2D eigenvalue weighted by Gasteiger charge is -2.32. The zero-order valence-corrected chi connectivity index (χ0v) is 10.0. The average Bonchev–Trinajstić information content (AvgIpc) is 2.34. The average molecular weight is 200 g/mol. The minimum Gasteiger partial charge on any atom is -0.403 e. The molecule has 0 radical (unpaired) electrons. The second-order valence-electron chi connectivity index (χ2n) is 4.90. The van der Waals surface area contributed by atoms with E-state index in [0.717, 1.165) is 12.8 Å². The van der Waals surface area contributed by atoms with Crippen LogP contribution in [0.1, 0.15) is 56.6 Å². The van der Waals surface area contributed by atoms with E-state index in [2.05, 4.69) is 6.92 Å². The monoisotopic (exact) mass is 200 g/mol. The predicted octanol–water partition coefficient (Wildman–Crippen LogP) is 3.27. The molecule has 1 aliphatic rings. The van der Waals surface area contributed by atoms with Crippen LogP contribution in [-0.4, -0.2) is 18.3 Å². The molecule has 0 aromatic rings. The van der Waals surface area contributed by atoms with Gasteiger partial charge < -0.3 is 9.31 Å². The van der Waals surface area contributed by atoms with Crippen LogP contribution in [0.5, 0.6) is 0 Å². The molecule has 0 spiro atoms. The highest BCUT2D eigenvalue weighted by Gasteiger charge is 2.50. The fourth-order valence-electron chi connectivity index (χ4n) is 1.32. The fourth-order valence-corrected chi connectivity index (χ4v) is 1.32. The molecule has 0 atom stereocenters. The maximum absolute atomic E-state index is 8.00. The van der Waals surface area contributed by atoms with E-state index in [0.29, 0.717) is 6.42 Å². The van der Waals surface area contributed by atoms with Crippen molar-refractivity contribution in [1.29, 1.82) is 0 Å². The van der Waals surface area contributed by atoms with Crippen LogP contribution >= 0.6 is 0 Å². The summed E-state index contributed by atoms with van der Waals surface area (Å²) in [6, 6.07) is 0. The first-order valence-electron chi connectivity index (χ1n) is 6.48. The van der Waals surface area contributed by atoms with E-state index in [1.165, 1.54) is 0 Å². The van der Waals surface area contributed by atoms with Crippen molar-refractivity contribution in [3.8, 4) is 0 Å². The summed E-state index contributed by atoms with van der Waals surface area (Å²) in [6.45, 7) is 9.85. The first-order chi connectivity index (χ1) is 7.12. The Bertz CT molecular complexity index is 238. The Balaban J connectivity index is 2.71. The number of hydrogen-bond donors (Lipinski definition) is 0. The molecule has 1 rings (SSSR count). The largest absolute Gasteiger partial charge is 0.457 e. The molecule has 1 fully saturated rings. The minimum atomic E-state index is -1.40. The van der Waals surface area contributed by atoms with Gasteiger partial charge in [0.15, 0.2) is 0 Å². The van der Waals surface area contributed by atoms with Crippen LogP contribution in [0.3, 0.4) is 0 Å². The van der Waals surface area contributed by atoms with Crippen LogP contribution in [-0.2, 0) is 9.31 Å². The van der Waals surface area contributed by atoms with E-state index in [1.807, 2.05) is 27.7 Å². The van der Waals surface area contributed by atoms with Crippen LogP contribution in [0.25, 0.3) is 0 Å². The Morgan fingerprint density at radius 2 is 1.57 bits per heavy atom. The topological polar surface area (TPSA) is 18.5 Å². The van der Waals surface area contributed by atoms with Crippen LogP contribution in [0, 0.1) is 0 Å². The Morgan fingerprint density at radius 1 is 1.07 bits per heavy atom. The molecule has 0 amide bonds. The van der Waals surface area contributed by atoms with Crippen molar-refractivity contribution in [3.05, 3.63) is 0 Å². The van der Waals surface area contributed by atoms with E-state index in [4.69, 9.17) is 12.1 Å². The molecular formula is C11H23BO2. The SMILES string of the molecule is [2H]C([2H])(CCCC)B1OC(C)(C)C(C)(C)O1. The zero-order valence-electron chi connectivity index (χ0n) is 12.0. The van der Waals surface area contributed by atoms with E-state index >= 15 is 0 Å². The van der Waals surface area contributed by atoms with Gasteiger partial charge in [0.25, 0.3) is 0 Å². The van der Waals surface area contributed by atoms with Crippen molar-refractivity contribution < 1.29 is 12.1 Å². The zero-order chi connectivity index (χ0) is 12.6. The van der Waals surface area contributed by atoms with Gasteiger partial charge in [-0.3, -0.25) is 0 Å². The van der Waals surface area contributed by atoms with Crippen LogP contribution in [0.2, 0.25) is 6.27 Å². The van der Waals surface area contributed by atoms with Crippen molar-refractivity contribution >= 4 is 7.12 Å². The van der Waals surface area contributed by atoms with E-state index in [1.54, 1.807) is 0 Å². The maximum atomic E-state index is 8.00. The molecular weight excluding hydrogens is 175 g/mol. The molecule has 0 aliphatic carbocycles. The van der Waals surface area contributed by atoms with Crippen molar-refractivity contribution in [2.45, 2.75) is 71.4 Å². The van der Waals surface area contributed by atoms with E-state index in [-0.39, 0.29) is 0 Å². The van der Waals surface area contributed by atoms with Gasteiger partial charge in [-0.05, 0) is 34.0 Å². The van der Waals surface area contributed by atoms with Crippen LogP contribution in [0.15, 0.2) is 0 Å². The lowest BCUT2D eigenvalue weighted by molar-refractivity contribution is 0.00578. The fraction of sp³-hybridized carbons (Fsp3) is 1.00. The standard InChI is InChI=1S/C11H23BO2/c1-6-7-8-9-12-13-10(2,3)11(4,5)14-12/h6-9H2,1-5H3/i9D2. The number of unbranched alkanes of at least 4 members (excludes halogenated alkanes) is 1. The Morgan fingerprint density at radius 3 is 2.00 bits per heavy atom. The summed E-state index contributed by atoms with van der Waals surface area (Å²) in [5, 5.41) is 0. The maximum Gasteiger partial charge on any atom is 0.457 e. The van der Waals surface area contributed by atoms with E-state index < -0.39 is 24.6 Å². The lowest BCUT2D eigenvalue weighted by Crippen LogP contribution is -2.41. The van der Waals surface area contributed by atoms with Crippen molar-refractivity contribution in [1.82, 2.24) is 0 Å². The molecule has 0 saturated carbocycles. The summed E-state index contributed by atoms with van der Waals surface area (Å²) in [4.78, 5) is 0. The third kappa shape index (κ3) is 2.51. The van der Waals surface area contributed by atoms with Gasteiger partial charge in [-0.1, -0.05) is 26.2 Å². The number of hydrogen-bond acceptors (Lipinski definition) is 2. The van der Waals surface area contributed by atoms with Gasteiger partial charge in [0, 0.05) is 2.74 Å². The predicted molar refractivity (Wildman–Crippen MR) is 60.4 cm³/mol. The van der Waals surface area contributed by atoms with Gasteiger partial charge in [-0.25, -0.2) is 0 Å². The summed E-state index contributed by atoms with van der Waals surface area (Å²) < 4.78 is 27.5. The summed E-state index contributed by atoms with van der Waals surface area (Å²) in [5.74, 6) is 0. The lowest BCUT2D eigenvalue weighted by atomic mass is 9.82. The van der Waals surface area contributed by atoms with E-state index in [9.17, 15) is 0 Å². The molecule has 1 saturated heterocycles. The smallest absolute Gasteiger partial charge is 0.403 e. The van der Waals surface area contributed by atoms with Gasteiger partial charge in [-0.15, -0.1) is 0 Å². The third-order valence-corrected chi connectivity index (χ3v) is 3.09. The van der Waals surface area contributed by atoms with Gasteiger partial charge in [0.05, 0.1) is 11.2 Å². The van der Waals surface area contributed by atoms with Crippen molar-refractivity contribution in [2.75, 3.05) is 0 Å². The van der Waals surface area contributed by atoms with Crippen LogP contribution < -0.4 is 0 Å². The molecule has 82 valence electrons.